The summed E-state index contributed by atoms with van der Waals surface area (Å²) in [5, 5.41) is 2.97. The summed E-state index contributed by atoms with van der Waals surface area (Å²) < 4.78 is 11.5. The summed E-state index contributed by atoms with van der Waals surface area (Å²) in [5.41, 5.74) is 1.38. The van der Waals surface area contributed by atoms with E-state index in [0.29, 0.717) is 38.0 Å². The number of amides is 3. The zero-order valence-electron chi connectivity index (χ0n) is 20.2. The van der Waals surface area contributed by atoms with Crippen LogP contribution in [0.3, 0.4) is 0 Å². The molecule has 2 saturated heterocycles. The van der Waals surface area contributed by atoms with Gasteiger partial charge in [-0.2, -0.15) is 0 Å². The number of aryl methyl sites for hydroxylation is 1. The van der Waals surface area contributed by atoms with Crippen LogP contribution >= 0.6 is 0 Å². The molecule has 1 atom stereocenters. The SMILES string of the molecule is Cc1ccccc1C(=O)N1[C@@H](C(=O)NCc2ccccc2)COC12CCN(C(=O)c1ccco1)CC2. The van der Waals surface area contributed by atoms with Gasteiger partial charge in [0.1, 0.15) is 11.8 Å². The molecule has 8 heteroatoms. The van der Waals surface area contributed by atoms with Crippen molar-refractivity contribution in [1.82, 2.24) is 15.1 Å². The third-order valence-corrected chi connectivity index (χ3v) is 7.03. The molecule has 1 spiro atoms. The number of nitrogens with one attached hydrogen (secondary N) is 1. The number of likely N-dealkylation sites (tertiary alicyclic amines) is 1. The van der Waals surface area contributed by atoms with Gasteiger partial charge in [-0.3, -0.25) is 19.3 Å². The Labute approximate surface area is 209 Å². The fourth-order valence-electron chi connectivity index (χ4n) is 5.03. The van der Waals surface area contributed by atoms with Crippen LogP contribution in [0, 0.1) is 6.92 Å². The molecule has 3 aromatic rings. The number of piperidine rings is 1. The average Bonchev–Trinajstić information content (AvgIpc) is 3.57. The Kier molecular flexibility index (Phi) is 6.61. The van der Waals surface area contributed by atoms with Crippen LogP contribution in [-0.2, 0) is 16.1 Å². The highest BCUT2D eigenvalue weighted by atomic mass is 16.5. The summed E-state index contributed by atoms with van der Waals surface area (Å²) in [6.07, 6.45) is 2.28. The predicted octanol–water partition coefficient (Wildman–Crippen LogP) is 3.38. The van der Waals surface area contributed by atoms with Gasteiger partial charge in [-0.1, -0.05) is 48.5 Å². The van der Waals surface area contributed by atoms with E-state index < -0.39 is 11.8 Å². The number of ether oxygens (including phenoxy) is 1. The fraction of sp³-hybridized carbons (Fsp3) is 0.321. The van der Waals surface area contributed by atoms with Crippen LogP contribution in [-0.4, -0.2) is 59.0 Å². The number of furan rings is 1. The Morgan fingerprint density at radius 2 is 1.67 bits per heavy atom. The second-order valence-electron chi connectivity index (χ2n) is 9.24. The summed E-state index contributed by atoms with van der Waals surface area (Å²) in [4.78, 5) is 43.3. The minimum Gasteiger partial charge on any atom is -0.459 e. The van der Waals surface area contributed by atoms with Gasteiger partial charge in [-0.15, -0.1) is 0 Å². The van der Waals surface area contributed by atoms with Crippen molar-refractivity contribution in [2.45, 2.75) is 38.1 Å². The number of nitrogens with zero attached hydrogens (tertiary/aromatic N) is 2. The number of carbonyl (C=O) groups excluding carboxylic acids is 3. The van der Waals surface area contributed by atoms with Crippen molar-refractivity contribution < 1.29 is 23.5 Å². The molecule has 3 amide bonds. The first-order valence-corrected chi connectivity index (χ1v) is 12.2. The molecule has 0 aliphatic carbocycles. The maximum absolute atomic E-state index is 13.9. The molecule has 0 unspecified atom stereocenters. The van der Waals surface area contributed by atoms with E-state index in [-0.39, 0.29) is 30.1 Å². The van der Waals surface area contributed by atoms with Crippen molar-refractivity contribution in [3.8, 4) is 0 Å². The lowest BCUT2D eigenvalue weighted by atomic mass is 9.95. The van der Waals surface area contributed by atoms with Gasteiger partial charge in [0.25, 0.3) is 11.8 Å². The van der Waals surface area contributed by atoms with E-state index in [4.69, 9.17) is 9.15 Å². The first-order valence-electron chi connectivity index (χ1n) is 12.2. The molecule has 0 saturated carbocycles. The number of benzene rings is 2. The van der Waals surface area contributed by atoms with Gasteiger partial charge < -0.3 is 19.4 Å². The number of hydrogen-bond donors (Lipinski definition) is 1. The second-order valence-corrected chi connectivity index (χ2v) is 9.24. The summed E-state index contributed by atoms with van der Waals surface area (Å²) >= 11 is 0. The van der Waals surface area contributed by atoms with E-state index in [1.807, 2.05) is 55.5 Å². The molecule has 2 aromatic carbocycles. The largest absolute Gasteiger partial charge is 0.459 e. The number of hydrogen-bond acceptors (Lipinski definition) is 5. The van der Waals surface area contributed by atoms with E-state index in [1.165, 1.54) is 6.26 Å². The van der Waals surface area contributed by atoms with Crippen molar-refractivity contribution >= 4 is 17.7 Å². The van der Waals surface area contributed by atoms with Crippen LogP contribution in [0.5, 0.6) is 0 Å². The normalized spacial score (nSPS) is 18.9. The Morgan fingerprint density at radius 3 is 2.36 bits per heavy atom. The molecule has 36 heavy (non-hydrogen) atoms. The van der Waals surface area contributed by atoms with Crippen molar-refractivity contribution in [3.05, 3.63) is 95.4 Å². The molecule has 186 valence electrons. The van der Waals surface area contributed by atoms with Crippen LogP contribution in [0.25, 0.3) is 0 Å². The van der Waals surface area contributed by atoms with Crippen molar-refractivity contribution in [1.29, 1.82) is 0 Å². The quantitative estimate of drug-likeness (QED) is 0.596. The van der Waals surface area contributed by atoms with Gasteiger partial charge in [0, 0.05) is 38.0 Å². The number of rotatable bonds is 5. The smallest absolute Gasteiger partial charge is 0.289 e. The Morgan fingerprint density at radius 1 is 0.944 bits per heavy atom. The van der Waals surface area contributed by atoms with E-state index >= 15 is 0 Å². The second kappa shape index (κ2) is 9.99. The molecule has 0 bridgehead atoms. The maximum atomic E-state index is 13.9. The average molecular weight is 488 g/mol. The van der Waals surface area contributed by atoms with E-state index in [0.717, 1.165) is 11.1 Å². The molecule has 5 rings (SSSR count). The highest BCUT2D eigenvalue weighted by Crippen LogP contribution is 2.39. The third kappa shape index (κ3) is 4.52. The summed E-state index contributed by atoms with van der Waals surface area (Å²) in [7, 11) is 0. The minimum absolute atomic E-state index is 0.102. The standard InChI is InChI=1S/C28H29N3O5/c1-20-8-5-6-11-22(20)26(33)31-23(25(32)29-18-21-9-3-2-4-10-21)19-36-28(31)13-15-30(16-14-28)27(34)24-12-7-17-35-24/h2-12,17,23H,13-16,18-19H2,1H3,(H,29,32)/t23-/m1/s1. The Balaban J connectivity index is 1.38. The first kappa shape index (κ1) is 23.8. The van der Waals surface area contributed by atoms with Gasteiger partial charge in [-0.25, -0.2) is 0 Å². The molecule has 2 aliphatic heterocycles. The van der Waals surface area contributed by atoms with E-state index in [1.54, 1.807) is 28.0 Å². The lowest BCUT2D eigenvalue weighted by Crippen LogP contribution is -2.59. The van der Waals surface area contributed by atoms with Gasteiger partial charge in [0.15, 0.2) is 5.76 Å². The van der Waals surface area contributed by atoms with Crippen LogP contribution in [0.15, 0.2) is 77.4 Å². The lowest BCUT2D eigenvalue weighted by Gasteiger charge is -2.44. The predicted molar refractivity (Wildman–Crippen MR) is 132 cm³/mol. The molecular weight excluding hydrogens is 458 g/mol. The fourth-order valence-corrected chi connectivity index (χ4v) is 5.03. The summed E-state index contributed by atoms with van der Waals surface area (Å²) in [5.74, 6) is -0.408. The number of carbonyl (C=O) groups is 3. The molecule has 8 nitrogen and oxygen atoms in total. The van der Waals surface area contributed by atoms with Crippen molar-refractivity contribution in [2.75, 3.05) is 19.7 Å². The van der Waals surface area contributed by atoms with Crippen LogP contribution in [0.1, 0.15) is 44.9 Å². The maximum Gasteiger partial charge on any atom is 0.289 e. The topological polar surface area (TPSA) is 92.1 Å². The first-order chi connectivity index (χ1) is 17.5. The summed E-state index contributed by atoms with van der Waals surface area (Å²) in [6.45, 7) is 3.11. The highest BCUT2D eigenvalue weighted by molar-refractivity contribution is 5.99. The van der Waals surface area contributed by atoms with Gasteiger partial charge >= 0.3 is 0 Å². The molecule has 0 radical (unpaired) electrons. The zero-order chi connectivity index (χ0) is 25.1. The molecular formula is C28H29N3O5. The summed E-state index contributed by atoms with van der Waals surface area (Å²) in [6, 6.07) is 19.5. The Bertz CT molecular complexity index is 1230. The van der Waals surface area contributed by atoms with Gasteiger partial charge in [-0.05, 0) is 36.2 Å². The Hall–Kier alpha value is -3.91. The third-order valence-electron chi connectivity index (χ3n) is 7.03. The monoisotopic (exact) mass is 487 g/mol. The van der Waals surface area contributed by atoms with Gasteiger partial charge in [0.05, 0.1) is 12.9 Å². The molecule has 2 aliphatic rings. The van der Waals surface area contributed by atoms with Crippen LogP contribution in [0.4, 0.5) is 0 Å². The van der Waals surface area contributed by atoms with Crippen LogP contribution in [0.2, 0.25) is 0 Å². The van der Waals surface area contributed by atoms with Crippen LogP contribution < -0.4 is 5.32 Å². The van der Waals surface area contributed by atoms with E-state index in [2.05, 4.69) is 5.32 Å². The highest BCUT2D eigenvalue weighted by Gasteiger charge is 2.54. The van der Waals surface area contributed by atoms with Crippen molar-refractivity contribution in [3.63, 3.8) is 0 Å². The molecule has 1 N–H and O–H groups in total. The molecule has 3 heterocycles. The lowest BCUT2D eigenvalue weighted by molar-refractivity contribution is -0.128. The molecule has 1 aromatic heterocycles. The zero-order valence-corrected chi connectivity index (χ0v) is 20.2. The van der Waals surface area contributed by atoms with Crippen molar-refractivity contribution in [2.24, 2.45) is 0 Å². The minimum atomic E-state index is -0.964. The van der Waals surface area contributed by atoms with Gasteiger partial charge in [0.2, 0.25) is 5.91 Å². The molecule has 2 fully saturated rings. The van der Waals surface area contributed by atoms with E-state index in [9.17, 15) is 14.4 Å².